The summed E-state index contributed by atoms with van der Waals surface area (Å²) in [5.74, 6) is 1.81. The Labute approximate surface area is 121 Å². The lowest BCUT2D eigenvalue weighted by atomic mass is 9.94. The fraction of sp³-hybridized carbons (Fsp3) is 0.867. The lowest BCUT2D eigenvalue weighted by molar-refractivity contribution is 0.0903. The molecule has 3 unspecified atom stereocenters. The standard InChI is InChI=1S/C15H27N3O2/c1-4-13(19-3)14-17-15(20-18-14)11-9-7-6-8-10-12(11)16-5-2/h11-13,16H,4-10H2,1-3H3. The van der Waals surface area contributed by atoms with Gasteiger partial charge in [0, 0.05) is 13.2 Å². The lowest BCUT2D eigenvalue weighted by Crippen LogP contribution is -2.34. The van der Waals surface area contributed by atoms with Gasteiger partial charge >= 0.3 is 0 Å². The molecule has 5 nitrogen and oxygen atoms in total. The number of aromatic nitrogens is 2. The predicted molar refractivity (Wildman–Crippen MR) is 77.6 cm³/mol. The van der Waals surface area contributed by atoms with Crippen LogP contribution in [0.3, 0.4) is 0 Å². The van der Waals surface area contributed by atoms with Crippen molar-refractivity contribution in [3.8, 4) is 0 Å². The second-order valence-corrected chi connectivity index (χ2v) is 5.53. The first-order valence-electron chi connectivity index (χ1n) is 7.89. The molecule has 5 heteroatoms. The van der Waals surface area contributed by atoms with E-state index in [2.05, 4.69) is 29.3 Å². The SMILES string of the molecule is CCNC1CCCCCC1c1nc(C(CC)OC)no1. The molecule has 0 aromatic carbocycles. The maximum atomic E-state index is 5.54. The summed E-state index contributed by atoms with van der Waals surface area (Å²) in [6.07, 6.45) is 6.94. The molecule has 1 heterocycles. The Morgan fingerprint density at radius 2 is 2.10 bits per heavy atom. The van der Waals surface area contributed by atoms with Gasteiger partial charge < -0.3 is 14.6 Å². The van der Waals surface area contributed by atoms with Crippen LogP contribution in [0.15, 0.2) is 4.52 Å². The Hall–Kier alpha value is -0.940. The van der Waals surface area contributed by atoms with Crippen molar-refractivity contribution in [1.82, 2.24) is 15.5 Å². The molecule has 2 rings (SSSR count). The zero-order valence-electron chi connectivity index (χ0n) is 12.9. The van der Waals surface area contributed by atoms with Gasteiger partial charge in [0.15, 0.2) is 0 Å². The van der Waals surface area contributed by atoms with E-state index in [0.29, 0.717) is 17.8 Å². The summed E-state index contributed by atoms with van der Waals surface area (Å²) >= 11 is 0. The van der Waals surface area contributed by atoms with Gasteiger partial charge in [0.1, 0.15) is 6.10 Å². The topological polar surface area (TPSA) is 60.2 Å². The molecule has 0 aliphatic heterocycles. The maximum absolute atomic E-state index is 5.54. The van der Waals surface area contributed by atoms with Crippen molar-refractivity contribution in [2.75, 3.05) is 13.7 Å². The molecule has 0 amide bonds. The van der Waals surface area contributed by atoms with Gasteiger partial charge in [-0.25, -0.2) is 0 Å². The number of ether oxygens (including phenoxy) is 1. The van der Waals surface area contributed by atoms with E-state index in [9.17, 15) is 0 Å². The molecule has 1 aromatic rings. The summed E-state index contributed by atoms with van der Waals surface area (Å²) in [4.78, 5) is 4.61. The molecule has 0 radical (unpaired) electrons. The van der Waals surface area contributed by atoms with Crippen LogP contribution in [-0.4, -0.2) is 29.8 Å². The van der Waals surface area contributed by atoms with Crippen molar-refractivity contribution in [2.24, 2.45) is 0 Å². The first-order chi connectivity index (χ1) is 9.80. The third kappa shape index (κ3) is 3.58. The monoisotopic (exact) mass is 281 g/mol. The van der Waals surface area contributed by atoms with E-state index in [1.807, 2.05) is 0 Å². The highest BCUT2D eigenvalue weighted by Crippen LogP contribution is 2.32. The van der Waals surface area contributed by atoms with Crippen LogP contribution in [0, 0.1) is 0 Å². The van der Waals surface area contributed by atoms with E-state index >= 15 is 0 Å². The highest BCUT2D eigenvalue weighted by molar-refractivity contribution is 5.02. The molecular formula is C15H27N3O2. The van der Waals surface area contributed by atoms with Crippen molar-refractivity contribution in [2.45, 2.75) is 70.4 Å². The van der Waals surface area contributed by atoms with E-state index < -0.39 is 0 Å². The van der Waals surface area contributed by atoms with Crippen LogP contribution in [0.2, 0.25) is 0 Å². The van der Waals surface area contributed by atoms with Crippen LogP contribution in [0.5, 0.6) is 0 Å². The largest absolute Gasteiger partial charge is 0.373 e. The van der Waals surface area contributed by atoms with E-state index in [1.165, 1.54) is 25.7 Å². The normalized spacial score (nSPS) is 25.4. The Kier molecular flexibility index (Phi) is 5.98. The van der Waals surface area contributed by atoms with Gasteiger partial charge in [0.2, 0.25) is 11.7 Å². The van der Waals surface area contributed by atoms with Gasteiger partial charge in [-0.05, 0) is 25.8 Å². The van der Waals surface area contributed by atoms with Gasteiger partial charge in [0.05, 0.1) is 5.92 Å². The minimum absolute atomic E-state index is 0.0594. The summed E-state index contributed by atoms with van der Waals surface area (Å²) in [5.41, 5.74) is 0. The molecule has 1 aromatic heterocycles. The van der Waals surface area contributed by atoms with E-state index in [-0.39, 0.29) is 6.10 Å². The smallest absolute Gasteiger partial charge is 0.231 e. The van der Waals surface area contributed by atoms with Gasteiger partial charge in [-0.3, -0.25) is 0 Å². The van der Waals surface area contributed by atoms with Crippen LogP contribution < -0.4 is 5.32 Å². The van der Waals surface area contributed by atoms with Crippen molar-refractivity contribution >= 4 is 0 Å². The summed E-state index contributed by atoms with van der Waals surface area (Å²) in [7, 11) is 1.69. The molecule has 1 aliphatic carbocycles. The second-order valence-electron chi connectivity index (χ2n) is 5.53. The van der Waals surface area contributed by atoms with Crippen molar-refractivity contribution in [3.63, 3.8) is 0 Å². The molecule has 1 saturated carbocycles. The number of nitrogens with one attached hydrogen (secondary N) is 1. The fourth-order valence-corrected chi connectivity index (χ4v) is 3.09. The highest BCUT2D eigenvalue weighted by Gasteiger charge is 2.30. The van der Waals surface area contributed by atoms with Crippen LogP contribution in [0.25, 0.3) is 0 Å². The molecule has 114 valence electrons. The molecule has 1 fully saturated rings. The maximum Gasteiger partial charge on any atom is 0.231 e. The van der Waals surface area contributed by atoms with Crippen LogP contribution in [0.4, 0.5) is 0 Å². The summed E-state index contributed by atoms with van der Waals surface area (Å²) < 4.78 is 10.9. The Morgan fingerprint density at radius 3 is 2.80 bits per heavy atom. The molecule has 3 atom stereocenters. The minimum Gasteiger partial charge on any atom is -0.373 e. The van der Waals surface area contributed by atoms with Crippen molar-refractivity contribution < 1.29 is 9.26 Å². The Bertz CT molecular complexity index is 390. The zero-order valence-corrected chi connectivity index (χ0v) is 12.9. The molecule has 20 heavy (non-hydrogen) atoms. The fourth-order valence-electron chi connectivity index (χ4n) is 3.09. The molecule has 1 aliphatic rings. The van der Waals surface area contributed by atoms with Crippen LogP contribution in [-0.2, 0) is 4.74 Å². The summed E-state index contributed by atoms with van der Waals surface area (Å²) in [6, 6.07) is 0.457. The van der Waals surface area contributed by atoms with Gasteiger partial charge in [0.25, 0.3) is 0 Å². The third-order valence-electron chi connectivity index (χ3n) is 4.20. The van der Waals surface area contributed by atoms with E-state index in [4.69, 9.17) is 9.26 Å². The number of hydrogen-bond acceptors (Lipinski definition) is 5. The quantitative estimate of drug-likeness (QED) is 0.811. The first kappa shape index (κ1) is 15.4. The number of likely N-dealkylation sites (N-methyl/N-ethyl adjacent to an activating group) is 1. The van der Waals surface area contributed by atoms with Crippen molar-refractivity contribution in [1.29, 1.82) is 0 Å². The predicted octanol–water partition coefficient (Wildman–Crippen LogP) is 3.19. The Morgan fingerprint density at radius 1 is 1.30 bits per heavy atom. The first-order valence-corrected chi connectivity index (χ1v) is 7.89. The third-order valence-corrected chi connectivity index (χ3v) is 4.20. The van der Waals surface area contributed by atoms with E-state index in [0.717, 1.165) is 25.3 Å². The van der Waals surface area contributed by atoms with Crippen molar-refractivity contribution in [3.05, 3.63) is 11.7 Å². The number of hydrogen-bond donors (Lipinski definition) is 1. The van der Waals surface area contributed by atoms with Gasteiger partial charge in [-0.15, -0.1) is 0 Å². The molecule has 0 bridgehead atoms. The minimum atomic E-state index is -0.0594. The van der Waals surface area contributed by atoms with Gasteiger partial charge in [-0.1, -0.05) is 38.3 Å². The summed E-state index contributed by atoms with van der Waals surface area (Å²) in [6.45, 7) is 5.20. The second kappa shape index (κ2) is 7.74. The average Bonchev–Trinajstić information content (AvgIpc) is 2.81. The van der Waals surface area contributed by atoms with Crippen LogP contribution in [0.1, 0.15) is 76.1 Å². The molecular weight excluding hydrogens is 254 g/mol. The van der Waals surface area contributed by atoms with Crippen LogP contribution >= 0.6 is 0 Å². The zero-order chi connectivity index (χ0) is 14.4. The number of methoxy groups -OCH3 is 1. The Balaban J connectivity index is 2.14. The number of rotatable bonds is 6. The molecule has 0 spiro atoms. The number of nitrogens with zero attached hydrogens (tertiary/aromatic N) is 2. The van der Waals surface area contributed by atoms with Gasteiger partial charge in [-0.2, -0.15) is 4.98 Å². The summed E-state index contributed by atoms with van der Waals surface area (Å²) in [5, 5.41) is 7.70. The molecule has 1 N–H and O–H groups in total. The van der Waals surface area contributed by atoms with E-state index in [1.54, 1.807) is 7.11 Å². The average molecular weight is 281 g/mol. The molecule has 0 saturated heterocycles. The highest BCUT2D eigenvalue weighted by atomic mass is 16.5. The lowest BCUT2D eigenvalue weighted by Gasteiger charge is -2.22.